The van der Waals surface area contributed by atoms with Gasteiger partial charge in [-0.1, -0.05) is 12.1 Å². The van der Waals surface area contributed by atoms with Crippen molar-refractivity contribution in [2.45, 2.75) is 12.6 Å². The van der Waals surface area contributed by atoms with E-state index in [1.807, 2.05) is 0 Å². The van der Waals surface area contributed by atoms with Gasteiger partial charge < -0.3 is 14.7 Å². The van der Waals surface area contributed by atoms with Gasteiger partial charge in [0.05, 0.1) is 49.4 Å². The van der Waals surface area contributed by atoms with Crippen LogP contribution in [-0.4, -0.2) is 47.0 Å². The molecule has 35 heavy (non-hydrogen) atoms. The predicted molar refractivity (Wildman–Crippen MR) is 132 cm³/mol. The summed E-state index contributed by atoms with van der Waals surface area (Å²) in [5.74, 6) is -0.911. The number of hydrogen-bond acceptors (Lipinski definition) is 4. The molecule has 0 saturated carbocycles. The van der Waals surface area contributed by atoms with E-state index in [2.05, 4.69) is 9.97 Å². The fourth-order valence-electron chi connectivity index (χ4n) is 4.36. The van der Waals surface area contributed by atoms with E-state index in [1.54, 1.807) is 53.5 Å². The number of imidazole rings is 1. The molecule has 0 radical (unpaired) electrons. The normalized spacial score (nSPS) is 12.9. The van der Waals surface area contributed by atoms with Crippen molar-refractivity contribution in [2.24, 2.45) is 0 Å². The van der Waals surface area contributed by atoms with Crippen molar-refractivity contribution in [1.29, 1.82) is 0 Å². The van der Waals surface area contributed by atoms with Crippen LogP contribution in [0.15, 0.2) is 73.2 Å². The number of halogens is 2. The number of aliphatic hydroxyl groups is 1. The molecule has 0 amide bonds. The van der Waals surface area contributed by atoms with Gasteiger partial charge in [0.15, 0.2) is 0 Å². The molecule has 0 saturated heterocycles. The lowest BCUT2D eigenvalue weighted by Gasteiger charge is -2.26. The molecule has 5 aromatic rings. The number of hydrogen-bond donors (Lipinski definition) is 2. The maximum absolute atomic E-state index is 13.9. The summed E-state index contributed by atoms with van der Waals surface area (Å²) in [5, 5.41) is 12.0. The van der Waals surface area contributed by atoms with Gasteiger partial charge in [-0.25, -0.2) is 22.2 Å². The number of anilines is 1. The van der Waals surface area contributed by atoms with E-state index in [0.29, 0.717) is 27.5 Å². The first-order valence-electron chi connectivity index (χ1n) is 10.8. The summed E-state index contributed by atoms with van der Waals surface area (Å²) in [5.41, 5.74) is 3.26. The molecule has 180 valence electrons. The Morgan fingerprint density at radius 1 is 1.00 bits per heavy atom. The Morgan fingerprint density at radius 3 is 2.11 bits per heavy atom. The lowest BCUT2D eigenvalue weighted by molar-refractivity contribution is 0.166. The van der Waals surface area contributed by atoms with Crippen LogP contribution in [-0.2, 0) is 16.6 Å². The summed E-state index contributed by atoms with van der Waals surface area (Å²) in [6.07, 6.45) is 3.19. The van der Waals surface area contributed by atoms with Gasteiger partial charge in [-0.3, -0.25) is 4.31 Å². The van der Waals surface area contributed by atoms with E-state index >= 15 is 0 Å². The van der Waals surface area contributed by atoms with Crippen LogP contribution in [0.4, 0.5) is 14.5 Å². The quantitative estimate of drug-likeness (QED) is 0.352. The highest BCUT2D eigenvalue weighted by atomic mass is 32.2. The van der Waals surface area contributed by atoms with E-state index in [9.17, 15) is 22.3 Å². The van der Waals surface area contributed by atoms with Gasteiger partial charge in [0.2, 0.25) is 10.0 Å². The van der Waals surface area contributed by atoms with E-state index in [-0.39, 0.29) is 13.1 Å². The fourth-order valence-corrected chi connectivity index (χ4v) is 5.31. The van der Waals surface area contributed by atoms with Crippen LogP contribution in [0, 0.1) is 11.6 Å². The van der Waals surface area contributed by atoms with Crippen molar-refractivity contribution in [2.75, 3.05) is 17.1 Å². The summed E-state index contributed by atoms with van der Waals surface area (Å²) >= 11 is 0. The smallest absolute Gasteiger partial charge is 0.232 e. The molecule has 0 fully saturated rings. The van der Waals surface area contributed by atoms with Crippen LogP contribution in [0.5, 0.6) is 0 Å². The molecule has 2 N–H and O–H groups in total. The lowest BCUT2D eigenvalue weighted by atomic mass is 10.1. The first-order valence-corrected chi connectivity index (χ1v) is 12.7. The van der Waals surface area contributed by atoms with Crippen molar-refractivity contribution in [1.82, 2.24) is 14.5 Å². The summed E-state index contributed by atoms with van der Waals surface area (Å²) < 4.78 is 55.9. The number of nitrogens with zero attached hydrogens (tertiary/aromatic N) is 3. The third-order valence-corrected chi connectivity index (χ3v) is 7.08. The fraction of sp³-hybridized carbons (Fsp3) is 0.160. The van der Waals surface area contributed by atoms with Gasteiger partial charge in [0, 0.05) is 21.8 Å². The lowest BCUT2D eigenvalue weighted by Crippen LogP contribution is -2.38. The van der Waals surface area contributed by atoms with Gasteiger partial charge >= 0.3 is 0 Å². The minimum absolute atomic E-state index is 0.0233. The van der Waals surface area contributed by atoms with Crippen molar-refractivity contribution >= 4 is 37.5 Å². The molecule has 0 spiro atoms. The van der Waals surface area contributed by atoms with E-state index in [4.69, 9.17) is 0 Å². The average molecular weight is 497 g/mol. The topological polar surface area (TPSA) is 91.2 Å². The zero-order chi connectivity index (χ0) is 24.7. The highest BCUT2D eigenvalue weighted by Crippen LogP contribution is 2.31. The zero-order valence-corrected chi connectivity index (χ0v) is 19.5. The molecule has 0 bridgehead atoms. The predicted octanol–water partition coefficient (Wildman–Crippen LogP) is 4.29. The molecule has 3 aromatic carbocycles. The zero-order valence-electron chi connectivity index (χ0n) is 18.7. The SMILES string of the molecule is CS(=O)(=O)N(CC(O)Cn1c2ccc(F)cc2c2cc(F)ccc21)c1ccc(-c2cnc[nH]2)cc1. The first kappa shape index (κ1) is 23.0. The number of nitrogens with one attached hydrogen (secondary N) is 1. The number of sulfonamides is 1. The third-order valence-electron chi connectivity index (χ3n) is 5.92. The highest BCUT2D eigenvalue weighted by molar-refractivity contribution is 7.92. The Hall–Kier alpha value is -3.76. The molecule has 0 aliphatic carbocycles. The van der Waals surface area contributed by atoms with Crippen LogP contribution < -0.4 is 4.31 Å². The number of fused-ring (bicyclic) bond motifs is 3. The minimum atomic E-state index is -3.71. The van der Waals surface area contributed by atoms with Crippen LogP contribution in [0.2, 0.25) is 0 Å². The molecule has 2 heterocycles. The van der Waals surface area contributed by atoms with Crippen LogP contribution in [0.3, 0.4) is 0 Å². The second kappa shape index (κ2) is 8.79. The van der Waals surface area contributed by atoms with Crippen molar-refractivity contribution in [3.05, 3.63) is 84.8 Å². The minimum Gasteiger partial charge on any atom is -0.389 e. The van der Waals surface area contributed by atoms with E-state index in [1.165, 1.54) is 24.3 Å². The summed E-state index contributed by atoms with van der Waals surface area (Å²) in [6, 6.07) is 15.2. The van der Waals surface area contributed by atoms with Crippen molar-refractivity contribution in [3.8, 4) is 11.3 Å². The Bertz CT molecular complexity index is 1560. The molecule has 0 aliphatic rings. The summed E-state index contributed by atoms with van der Waals surface area (Å²) in [6.45, 7) is -0.179. The number of aliphatic hydroxyl groups excluding tert-OH is 1. The van der Waals surface area contributed by atoms with Crippen LogP contribution in [0.25, 0.3) is 33.1 Å². The second-order valence-electron chi connectivity index (χ2n) is 8.39. The Balaban J connectivity index is 1.46. The van der Waals surface area contributed by atoms with Gasteiger partial charge in [-0.15, -0.1) is 0 Å². The van der Waals surface area contributed by atoms with Gasteiger partial charge in [0.1, 0.15) is 11.6 Å². The van der Waals surface area contributed by atoms with E-state index in [0.717, 1.165) is 21.8 Å². The van der Waals surface area contributed by atoms with Gasteiger partial charge in [0.25, 0.3) is 0 Å². The number of H-pyrrole nitrogens is 1. The molecule has 10 heteroatoms. The highest BCUT2D eigenvalue weighted by Gasteiger charge is 2.23. The molecular formula is C25H22F2N4O3S. The number of aromatic nitrogens is 3. The second-order valence-corrected chi connectivity index (χ2v) is 10.3. The average Bonchev–Trinajstić information content (AvgIpc) is 3.44. The van der Waals surface area contributed by atoms with Crippen molar-refractivity contribution in [3.63, 3.8) is 0 Å². The summed E-state index contributed by atoms with van der Waals surface area (Å²) in [7, 11) is -3.71. The van der Waals surface area contributed by atoms with Gasteiger partial charge in [-0.05, 0) is 54.1 Å². The standard InChI is InChI=1S/C25H22F2N4O3S/c1-35(33,34)31(19-6-2-16(3-7-19)23-12-28-15-29-23)14-20(32)13-30-24-8-4-17(26)10-21(24)22-11-18(27)5-9-25(22)30/h2-12,15,20,32H,13-14H2,1H3,(H,28,29). The third kappa shape index (κ3) is 4.50. The largest absolute Gasteiger partial charge is 0.389 e. The monoisotopic (exact) mass is 496 g/mol. The summed E-state index contributed by atoms with van der Waals surface area (Å²) in [4.78, 5) is 6.98. The molecule has 1 atom stereocenters. The molecule has 5 rings (SSSR count). The molecule has 1 unspecified atom stereocenters. The first-order chi connectivity index (χ1) is 16.7. The maximum Gasteiger partial charge on any atom is 0.232 e. The maximum atomic E-state index is 13.9. The van der Waals surface area contributed by atoms with Crippen molar-refractivity contribution < 1.29 is 22.3 Å². The van der Waals surface area contributed by atoms with Gasteiger partial charge in [-0.2, -0.15) is 0 Å². The number of rotatable bonds is 7. The van der Waals surface area contributed by atoms with E-state index < -0.39 is 27.8 Å². The molecule has 7 nitrogen and oxygen atoms in total. The Kier molecular flexibility index (Phi) is 5.78. The number of aromatic amines is 1. The number of benzene rings is 3. The molecule has 2 aromatic heterocycles. The van der Waals surface area contributed by atoms with Crippen LogP contribution >= 0.6 is 0 Å². The van der Waals surface area contributed by atoms with Crippen LogP contribution in [0.1, 0.15) is 0 Å². The Labute approximate surface area is 200 Å². The molecular weight excluding hydrogens is 474 g/mol. The Morgan fingerprint density at radius 2 is 1.60 bits per heavy atom. The molecule has 0 aliphatic heterocycles.